The quantitative estimate of drug-likeness (QED) is 0.891. The first-order chi connectivity index (χ1) is 11.6. The van der Waals surface area contributed by atoms with Crippen LogP contribution in [0.3, 0.4) is 0 Å². The summed E-state index contributed by atoms with van der Waals surface area (Å²) in [5.74, 6) is 0.934. The molecule has 126 valence electrons. The van der Waals surface area contributed by atoms with Gasteiger partial charge in [0, 0.05) is 18.8 Å². The van der Waals surface area contributed by atoms with Gasteiger partial charge in [0.1, 0.15) is 5.60 Å². The van der Waals surface area contributed by atoms with Crippen LogP contribution in [0.4, 0.5) is 0 Å². The monoisotopic (exact) mass is 322 g/mol. The van der Waals surface area contributed by atoms with Crippen molar-refractivity contribution in [2.75, 3.05) is 19.6 Å². The number of piperidine rings is 3. The van der Waals surface area contributed by atoms with E-state index in [2.05, 4.69) is 62.4 Å². The van der Waals surface area contributed by atoms with Crippen LogP contribution in [0.5, 0.6) is 0 Å². The molecule has 0 radical (unpaired) electrons. The molecule has 2 aromatic carbocycles. The predicted molar refractivity (Wildman–Crippen MR) is 97.1 cm³/mol. The van der Waals surface area contributed by atoms with Gasteiger partial charge in [-0.3, -0.25) is 0 Å². The highest BCUT2D eigenvalue weighted by atomic mass is 16.3. The summed E-state index contributed by atoms with van der Waals surface area (Å²) in [6, 6.07) is 16.8. The molecule has 2 heteroatoms. The highest BCUT2D eigenvalue weighted by Crippen LogP contribution is 2.45. The molecule has 2 nitrogen and oxygen atoms in total. The van der Waals surface area contributed by atoms with E-state index in [1.54, 1.807) is 4.90 Å². The van der Waals surface area contributed by atoms with Crippen molar-refractivity contribution < 1.29 is 10.0 Å². The van der Waals surface area contributed by atoms with Crippen LogP contribution in [0.1, 0.15) is 35.1 Å². The van der Waals surface area contributed by atoms with E-state index < -0.39 is 5.60 Å². The average Bonchev–Trinajstić information content (AvgIpc) is 2.63. The van der Waals surface area contributed by atoms with Crippen molar-refractivity contribution >= 4 is 0 Å². The molecule has 0 aromatic heterocycles. The van der Waals surface area contributed by atoms with Crippen LogP contribution < -0.4 is 4.90 Å². The zero-order valence-corrected chi connectivity index (χ0v) is 14.8. The number of quaternary nitrogens is 1. The Kier molecular flexibility index (Phi) is 3.98. The topological polar surface area (TPSA) is 24.7 Å². The lowest BCUT2D eigenvalue weighted by molar-refractivity contribution is -0.922. The van der Waals surface area contributed by atoms with Gasteiger partial charge in [-0.05, 0) is 42.0 Å². The Morgan fingerprint density at radius 2 is 1.38 bits per heavy atom. The SMILES string of the molecule is Cc1ccccc1C(O)(c1ccccc1C)C1C[NH+]2CCC1CC2. The van der Waals surface area contributed by atoms with Crippen LogP contribution in [0.25, 0.3) is 0 Å². The third kappa shape index (κ3) is 2.40. The van der Waals surface area contributed by atoms with Gasteiger partial charge in [0.2, 0.25) is 0 Å². The van der Waals surface area contributed by atoms with Gasteiger partial charge in [0.15, 0.2) is 0 Å². The maximum atomic E-state index is 12.2. The minimum absolute atomic E-state index is 0.303. The number of hydrogen-bond donors (Lipinski definition) is 2. The molecule has 1 unspecified atom stereocenters. The molecule has 1 atom stereocenters. The Bertz CT molecular complexity index is 685. The molecular weight excluding hydrogens is 294 g/mol. The van der Waals surface area contributed by atoms with E-state index in [4.69, 9.17) is 0 Å². The molecule has 3 heterocycles. The molecule has 0 saturated carbocycles. The summed E-state index contributed by atoms with van der Waals surface area (Å²) in [6.45, 7) is 7.90. The Labute approximate surface area is 145 Å². The van der Waals surface area contributed by atoms with Crippen LogP contribution in [0.2, 0.25) is 0 Å². The number of hydrogen-bond acceptors (Lipinski definition) is 1. The van der Waals surface area contributed by atoms with Crippen LogP contribution in [0, 0.1) is 25.7 Å². The summed E-state index contributed by atoms with van der Waals surface area (Å²) in [4.78, 5) is 1.67. The Morgan fingerprint density at radius 1 is 0.875 bits per heavy atom. The highest BCUT2D eigenvalue weighted by Gasteiger charge is 2.51. The molecule has 24 heavy (non-hydrogen) atoms. The second-order valence-electron chi connectivity index (χ2n) is 7.79. The number of fused-ring (bicyclic) bond motifs is 3. The normalized spacial score (nSPS) is 26.5. The van der Waals surface area contributed by atoms with Gasteiger partial charge >= 0.3 is 0 Å². The molecule has 3 saturated heterocycles. The molecule has 3 fully saturated rings. The maximum absolute atomic E-state index is 12.2. The fourth-order valence-corrected chi connectivity index (χ4v) is 5.17. The summed E-state index contributed by atoms with van der Waals surface area (Å²) in [7, 11) is 0. The van der Waals surface area contributed by atoms with Gasteiger partial charge in [-0.15, -0.1) is 0 Å². The molecule has 2 N–H and O–H groups in total. The van der Waals surface area contributed by atoms with Gasteiger partial charge in [-0.25, -0.2) is 0 Å². The molecule has 3 aliphatic heterocycles. The molecule has 2 aromatic rings. The lowest BCUT2D eigenvalue weighted by atomic mass is 9.64. The molecule has 0 amide bonds. The molecular formula is C22H28NO+. The molecule has 0 spiro atoms. The second kappa shape index (κ2) is 6.02. The average molecular weight is 322 g/mol. The van der Waals surface area contributed by atoms with Crippen molar-refractivity contribution in [3.8, 4) is 0 Å². The van der Waals surface area contributed by atoms with Crippen molar-refractivity contribution in [1.82, 2.24) is 0 Å². The third-order valence-corrected chi connectivity index (χ3v) is 6.46. The largest absolute Gasteiger partial charge is 0.380 e. The molecule has 2 bridgehead atoms. The summed E-state index contributed by atoms with van der Waals surface area (Å²) in [6.07, 6.45) is 2.50. The third-order valence-electron chi connectivity index (χ3n) is 6.46. The first-order valence-electron chi connectivity index (χ1n) is 9.29. The van der Waals surface area contributed by atoms with E-state index in [9.17, 15) is 5.11 Å². The van der Waals surface area contributed by atoms with Crippen molar-refractivity contribution in [2.45, 2.75) is 32.3 Å². The fourth-order valence-electron chi connectivity index (χ4n) is 5.17. The lowest BCUT2D eigenvalue weighted by Crippen LogP contribution is -3.16. The van der Waals surface area contributed by atoms with E-state index in [1.807, 2.05) is 0 Å². The van der Waals surface area contributed by atoms with E-state index in [-0.39, 0.29) is 0 Å². The second-order valence-corrected chi connectivity index (χ2v) is 7.79. The van der Waals surface area contributed by atoms with Gasteiger partial charge in [-0.1, -0.05) is 48.5 Å². The zero-order chi connectivity index (χ0) is 16.7. The minimum Gasteiger partial charge on any atom is -0.380 e. The predicted octanol–water partition coefficient (Wildman–Crippen LogP) is 2.46. The highest BCUT2D eigenvalue weighted by molar-refractivity contribution is 5.44. The Balaban J connectivity index is 1.90. The summed E-state index contributed by atoms with van der Waals surface area (Å²) in [5.41, 5.74) is 3.69. The fraction of sp³-hybridized carbons (Fsp3) is 0.455. The van der Waals surface area contributed by atoms with Crippen molar-refractivity contribution in [3.63, 3.8) is 0 Å². The Hall–Kier alpha value is -1.64. The van der Waals surface area contributed by atoms with Gasteiger partial charge in [0.05, 0.1) is 19.6 Å². The van der Waals surface area contributed by atoms with Gasteiger partial charge < -0.3 is 10.0 Å². The maximum Gasteiger partial charge on any atom is 0.124 e. The van der Waals surface area contributed by atoms with Gasteiger partial charge in [0.25, 0.3) is 0 Å². The smallest absolute Gasteiger partial charge is 0.124 e. The summed E-state index contributed by atoms with van der Waals surface area (Å²) >= 11 is 0. The number of aryl methyl sites for hydroxylation is 2. The zero-order valence-electron chi connectivity index (χ0n) is 14.8. The first kappa shape index (κ1) is 15.9. The number of benzene rings is 2. The van der Waals surface area contributed by atoms with E-state index in [0.717, 1.165) is 17.7 Å². The number of nitrogens with one attached hydrogen (secondary N) is 1. The molecule has 5 rings (SSSR count). The minimum atomic E-state index is -0.882. The van der Waals surface area contributed by atoms with Crippen LogP contribution in [-0.2, 0) is 5.60 Å². The Morgan fingerprint density at radius 3 is 1.79 bits per heavy atom. The summed E-state index contributed by atoms with van der Waals surface area (Å²) < 4.78 is 0. The van der Waals surface area contributed by atoms with E-state index in [0.29, 0.717) is 11.8 Å². The lowest BCUT2D eigenvalue weighted by Gasteiger charge is -2.49. The van der Waals surface area contributed by atoms with E-state index in [1.165, 1.54) is 37.1 Å². The van der Waals surface area contributed by atoms with Crippen LogP contribution in [-0.4, -0.2) is 24.7 Å². The van der Waals surface area contributed by atoms with Crippen molar-refractivity contribution in [3.05, 3.63) is 70.8 Å². The standard InChI is InChI=1S/C22H27NO/c1-16-7-3-5-9-19(16)22(24,20-10-6-4-8-17(20)2)21-15-23-13-11-18(21)12-14-23/h3-10,18,21,24H,11-15H2,1-2H3/p+1. The van der Waals surface area contributed by atoms with Crippen LogP contribution >= 0.6 is 0 Å². The van der Waals surface area contributed by atoms with Crippen molar-refractivity contribution in [2.24, 2.45) is 11.8 Å². The molecule has 0 aliphatic carbocycles. The van der Waals surface area contributed by atoms with Crippen molar-refractivity contribution in [1.29, 1.82) is 0 Å². The van der Waals surface area contributed by atoms with Gasteiger partial charge in [-0.2, -0.15) is 0 Å². The number of aliphatic hydroxyl groups is 1. The first-order valence-corrected chi connectivity index (χ1v) is 9.29. The molecule has 3 aliphatic rings. The number of rotatable bonds is 3. The summed E-state index contributed by atoms with van der Waals surface area (Å²) in [5, 5.41) is 12.2. The van der Waals surface area contributed by atoms with E-state index >= 15 is 0 Å². The van der Waals surface area contributed by atoms with Crippen LogP contribution in [0.15, 0.2) is 48.5 Å².